The van der Waals surface area contributed by atoms with E-state index in [2.05, 4.69) is 20.5 Å². The molecule has 0 aliphatic carbocycles. The van der Waals surface area contributed by atoms with E-state index in [1.54, 1.807) is 33.9 Å². The number of para-hydroxylation sites is 1. The average Bonchev–Trinajstić information content (AvgIpc) is 3.53. The molecule has 10 nitrogen and oxygen atoms in total. The zero-order valence-corrected chi connectivity index (χ0v) is 21.9. The number of benzene rings is 2. The van der Waals surface area contributed by atoms with Crippen molar-refractivity contribution >= 4 is 40.3 Å². The van der Waals surface area contributed by atoms with Gasteiger partial charge in [-0.1, -0.05) is 48.6 Å². The van der Waals surface area contributed by atoms with Crippen molar-refractivity contribution in [2.75, 3.05) is 5.73 Å². The van der Waals surface area contributed by atoms with Crippen LogP contribution in [0.5, 0.6) is 0 Å². The molecule has 1 amide bonds. The van der Waals surface area contributed by atoms with Crippen LogP contribution in [0.1, 0.15) is 40.1 Å². The van der Waals surface area contributed by atoms with Crippen molar-refractivity contribution in [3.8, 4) is 5.69 Å². The Morgan fingerprint density at radius 3 is 2.67 bits per heavy atom. The SMILES string of the molecule is CC(NC(=O)c1c(N)nn2cccnc12)c1cc2cccc(C=Cc3cnn(C)c3)c2c(=O)n1-c1ccccc1. The molecule has 198 valence electrons. The molecule has 0 spiro atoms. The number of hydrogen-bond donors (Lipinski definition) is 2. The minimum Gasteiger partial charge on any atom is -0.381 e. The molecule has 2 aromatic carbocycles. The number of aryl methyl sites for hydroxylation is 1. The Bertz CT molecular complexity index is 1970. The van der Waals surface area contributed by atoms with E-state index < -0.39 is 11.9 Å². The number of amides is 1. The predicted molar refractivity (Wildman–Crippen MR) is 155 cm³/mol. The summed E-state index contributed by atoms with van der Waals surface area (Å²) in [6.07, 6.45) is 10.8. The number of rotatable bonds is 6. The van der Waals surface area contributed by atoms with Gasteiger partial charge in [0.15, 0.2) is 11.5 Å². The van der Waals surface area contributed by atoms with E-state index >= 15 is 0 Å². The van der Waals surface area contributed by atoms with Gasteiger partial charge in [-0.2, -0.15) is 5.10 Å². The van der Waals surface area contributed by atoms with Crippen LogP contribution in [0.2, 0.25) is 0 Å². The van der Waals surface area contributed by atoms with Gasteiger partial charge in [-0.3, -0.25) is 18.8 Å². The summed E-state index contributed by atoms with van der Waals surface area (Å²) in [5.74, 6) is -0.355. The Labute approximate surface area is 229 Å². The first-order valence-corrected chi connectivity index (χ1v) is 12.7. The number of nitrogens with two attached hydrogens (primary N) is 1. The second-order valence-corrected chi connectivity index (χ2v) is 9.48. The molecule has 4 aromatic heterocycles. The van der Waals surface area contributed by atoms with Gasteiger partial charge in [-0.05, 0) is 42.1 Å². The lowest BCUT2D eigenvalue weighted by Crippen LogP contribution is -2.32. The molecule has 6 rings (SSSR count). The van der Waals surface area contributed by atoms with Gasteiger partial charge < -0.3 is 11.1 Å². The minimum absolute atomic E-state index is 0.0763. The molecule has 0 saturated heterocycles. The standard InChI is InChI=1S/C30H26N8O2/c1-19(34-29(39)26-27(31)35-37-15-7-14-32-28(26)37)24-16-22-9-6-8-21(13-12-20-17-33-36(2)18-20)25(22)30(40)38(24)23-10-4-3-5-11-23/h3-19H,1-2H3,(H2,31,35)(H,34,39). The first-order chi connectivity index (χ1) is 19.4. The van der Waals surface area contributed by atoms with E-state index in [0.717, 1.165) is 16.5 Å². The molecule has 0 saturated carbocycles. The fourth-order valence-electron chi connectivity index (χ4n) is 4.89. The van der Waals surface area contributed by atoms with E-state index in [0.29, 0.717) is 22.4 Å². The van der Waals surface area contributed by atoms with Crippen LogP contribution in [0, 0.1) is 0 Å². The molecule has 0 aliphatic heterocycles. The van der Waals surface area contributed by atoms with E-state index in [1.165, 1.54) is 4.52 Å². The second kappa shape index (κ2) is 9.99. The highest BCUT2D eigenvalue weighted by molar-refractivity contribution is 6.04. The smallest absolute Gasteiger partial charge is 0.263 e. The number of nitrogen functional groups attached to an aromatic ring is 1. The van der Waals surface area contributed by atoms with Crippen LogP contribution < -0.4 is 16.6 Å². The number of hydrogen-bond acceptors (Lipinski definition) is 6. The normalized spacial score (nSPS) is 12.3. The third-order valence-electron chi connectivity index (χ3n) is 6.74. The third kappa shape index (κ3) is 4.41. The Morgan fingerprint density at radius 2 is 1.90 bits per heavy atom. The number of aromatic nitrogens is 6. The number of nitrogens with one attached hydrogen (secondary N) is 1. The lowest BCUT2D eigenvalue weighted by atomic mass is 10.0. The molecule has 0 aliphatic rings. The summed E-state index contributed by atoms with van der Waals surface area (Å²) < 4.78 is 4.83. The first-order valence-electron chi connectivity index (χ1n) is 12.7. The number of pyridine rings is 1. The van der Waals surface area contributed by atoms with Crippen LogP contribution in [0.15, 0.2) is 90.2 Å². The molecule has 3 N–H and O–H groups in total. The summed E-state index contributed by atoms with van der Waals surface area (Å²) in [4.78, 5) is 31.9. The van der Waals surface area contributed by atoms with Gasteiger partial charge in [-0.25, -0.2) is 9.50 Å². The van der Waals surface area contributed by atoms with Crippen LogP contribution >= 0.6 is 0 Å². The van der Waals surface area contributed by atoms with E-state index in [4.69, 9.17) is 5.73 Å². The molecular weight excluding hydrogens is 504 g/mol. The lowest BCUT2D eigenvalue weighted by molar-refractivity contribution is 0.0941. The molecule has 4 heterocycles. The molecule has 0 fully saturated rings. The van der Waals surface area contributed by atoms with Gasteiger partial charge in [0.1, 0.15) is 5.56 Å². The number of nitrogens with zero attached hydrogens (tertiary/aromatic N) is 6. The Balaban J connectivity index is 1.46. The van der Waals surface area contributed by atoms with Crippen LogP contribution in [0.3, 0.4) is 0 Å². The van der Waals surface area contributed by atoms with Crippen molar-refractivity contribution in [3.63, 3.8) is 0 Å². The van der Waals surface area contributed by atoms with Crippen LogP contribution in [0.25, 0.3) is 34.3 Å². The van der Waals surface area contributed by atoms with E-state index in [1.807, 2.05) is 86.9 Å². The Hall–Kier alpha value is -5.51. The van der Waals surface area contributed by atoms with E-state index in [9.17, 15) is 9.59 Å². The summed E-state index contributed by atoms with van der Waals surface area (Å²) in [6.45, 7) is 1.83. The first kappa shape index (κ1) is 24.8. The van der Waals surface area contributed by atoms with Gasteiger partial charge in [-0.15, -0.1) is 5.10 Å². The van der Waals surface area contributed by atoms with Crippen LogP contribution in [-0.4, -0.2) is 34.9 Å². The van der Waals surface area contributed by atoms with Crippen molar-refractivity contribution in [1.82, 2.24) is 34.3 Å². The molecule has 6 aromatic rings. The van der Waals surface area contributed by atoms with Crippen molar-refractivity contribution < 1.29 is 4.79 Å². The molecule has 10 heteroatoms. The highest BCUT2D eigenvalue weighted by atomic mass is 16.2. The average molecular weight is 531 g/mol. The summed E-state index contributed by atoms with van der Waals surface area (Å²) in [5.41, 5.74) is 9.44. The molecular formula is C30H26N8O2. The monoisotopic (exact) mass is 530 g/mol. The number of anilines is 1. The fourth-order valence-corrected chi connectivity index (χ4v) is 4.89. The summed E-state index contributed by atoms with van der Waals surface area (Å²) >= 11 is 0. The quantitative estimate of drug-likeness (QED) is 0.335. The van der Waals surface area contributed by atoms with Crippen molar-refractivity contribution in [2.24, 2.45) is 7.05 Å². The maximum Gasteiger partial charge on any atom is 0.263 e. The van der Waals surface area contributed by atoms with Gasteiger partial charge in [0.25, 0.3) is 11.5 Å². The van der Waals surface area contributed by atoms with E-state index in [-0.39, 0.29) is 16.9 Å². The molecule has 0 radical (unpaired) electrons. The number of carbonyl (C=O) groups is 1. The number of fused-ring (bicyclic) bond motifs is 2. The van der Waals surface area contributed by atoms with Gasteiger partial charge in [0.05, 0.1) is 17.6 Å². The lowest BCUT2D eigenvalue weighted by Gasteiger charge is -2.21. The van der Waals surface area contributed by atoms with Crippen molar-refractivity contribution in [1.29, 1.82) is 0 Å². The Kier molecular flexibility index (Phi) is 6.19. The molecule has 40 heavy (non-hydrogen) atoms. The zero-order chi connectivity index (χ0) is 27.8. The largest absolute Gasteiger partial charge is 0.381 e. The third-order valence-corrected chi connectivity index (χ3v) is 6.74. The topological polar surface area (TPSA) is 125 Å². The van der Waals surface area contributed by atoms with Crippen LogP contribution in [0.4, 0.5) is 5.82 Å². The predicted octanol–water partition coefficient (Wildman–Crippen LogP) is 4.01. The minimum atomic E-state index is -0.558. The fraction of sp³-hybridized carbons (Fsp3) is 0.100. The summed E-state index contributed by atoms with van der Waals surface area (Å²) in [7, 11) is 1.86. The maximum atomic E-state index is 14.2. The van der Waals surface area contributed by atoms with Gasteiger partial charge in [0, 0.05) is 42.6 Å². The summed E-state index contributed by atoms with van der Waals surface area (Å²) in [5, 5.41) is 12.7. The van der Waals surface area contributed by atoms with Crippen molar-refractivity contribution in [3.05, 3.63) is 118 Å². The van der Waals surface area contributed by atoms with Gasteiger partial charge in [0.2, 0.25) is 0 Å². The highest BCUT2D eigenvalue weighted by Crippen LogP contribution is 2.25. The molecule has 1 unspecified atom stereocenters. The molecule has 1 atom stereocenters. The van der Waals surface area contributed by atoms with Crippen LogP contribution in [-0.2, 0) is 7.05 Å². The number of carbonyl (C=O) groups excluding carboxylic acids is 1. The summed E-state index contributed by atoms with van der Waals surface area (Å²) in [6, 6.07) is 18.2. The zero-order valence-electron chi connectivity index (χ0n) is 21.9. The Morgan fingerprint density at radius 1 is 1.07 bits per heavy atom. The molecule has 0 bridgehead atoms. The maximum absolute atomic E-state index is 14.2. The van der Waals surface area contributed by atoms with Crippen molar-refractivity contribution in [2.45, 2.75) is 13.0 Å². The van der Waals surface area contributed by atoms with Gasteiger partial charge >= 0.3 is 0 Å². The highest BCUT2D eigenvalue weighted by Gasteiger charge is 2.23. The second-order valence-electron chi connectivity index (χ2n) is 9.48.